The smallest absolute Gasteiger partial charge is 0.417 e. The first kappa shape index (κ1) is 17.8. The molecule has 1 amide bonds. The molecule has 0 fully saturated rings. The maximum Gasteiger partial charge on any atom is 0.417 e. The Hall–Kier alpha value is -2.96. The van der Waals surface area contributed by atoms with E-state index < -0.39 is 23.2 Å². The second-order valence-corrected chi connectivity index (χ2v) is 6.02. The van der Waals surface area contributed by atoms with Gasteiger partial charge in [0.05, 0.1) is 11.1 Å². The standard InChI is InChI=1S/C19H17F3N2O2/c1-24-11-12(15-10-13(25)6-7-17(15)24)8-9-23-18(26)14-4-2-3-5-16(14)19(20,21)22/h2-7,10-11,25H,8-9H2,1H3,(H,23,26). The predicted octanol–water partition coefficient (Wildman–Crippen LogP) is 3.88. The number of nitrogens with one attached hydrogen (secondary N) is 1. The zero-order chi connectivity index (χ0) is 18.9. The molecule has 0 radical (unpaired) electrons. The minimum Gasteiger partial charge on any atom is -0.508 e. The third-order valence-corrected chi connectivity index (χ3v) is 4.21. The number of phenols is 1. The van der Waals surface area contributed by atoms with E-state index in [-0.39, 0.29) is 12.3 Å². The third-order valence-electron chi connectivity index (χ3n) is 4.21. The molecule has 0 saturated heterocycles. The number of aromatic hydroxyl groups is 1. The molecule has 0 unspecified atom stereocenters. The van der Waals surface area contributed by atoms with Gasteiger partial charge in [0.15, 0.2) is 0 Å². The van der Waals surface area contributed by atoms with Gasteiger partial charge in [0.2, 0.25) is 0 Å². The molecule has 0 aliphatic rings. The van der Waals surface area contributed by atoms with Crippen LogP contribution in [0.3, 0.4) is 0 Å². The van der Waals surface area contributed by atoms with Gasteiger partial charge >= 0.3 is 6.18 Å². The summed E-state index contributed by atoms with van der Waals surface area (Å²) in [4.78, 5) is 12.2. The van der Waals surface area contributed by atoms with E-state index in [1.807, 2.05) is 17.8 Å². The van der Waals surface area contributed by atoms with Gasteiger partial charge in [-0.2, -0.15) is 13.2 Å². The van der Waals surface area contributed by atoms with Crippen LogP contribution in [0.5, 0.6) is 5.75 Å². The average Bonchev–Trinajstić information content (AvgIpc) is 2.89. The van der Waals surface area contributed by atoms with Gasteiger partial charge in [0, 0.05) is 30.7 Å². The van der Waals surface area contributed by atoms with Gasteiger partial charge in [0.1, 0.15) is 5.75 Å². The first-order valence-corrected chi connectivity index (χ1v) is 7.98. The number of rotatable bonds is 4. The molecule has 2 N–H and O–H groups in total. The van der Waals surface area contributed by atoms with Gasteiger partial charge in [-0.15, -0.1) is 0 Å². The zero-order valence-corrected chi connectivity index (χ0v) is 14.0. The maximum atomic E-state index is 13.0. The van der Waals surface area contributed by atoms with Gasteiger partial charge in [-0.1, -0.05) is 12.1 Å². The molecule has 136 valence electrons. The fraction of sp³-hybridized carbons (Fsp3) is 0.211. The van der Waals surface area contributed by atoms with E-state index in [4.69, 9.17) is 0 Å². The van der Waals surface area contributed by atoms with E-state index in [2.05, 4.69) is 5.32 Å². The summed E-state index contributed by atoms with van der Waals surface area (Å²) >= 11 is 0. The van der Waals surface area contributed by atoms with Crippen molar-refractivity contribution in [1.82, 2.24) is 9.88 Å². The summed E-state index contributed by atoms with van der Waals surface area (Å²) in [5, 5.41) is 13.0. The number of benzene rings is 2. The number of phenolic OH excluding ortho intramolecular Hbond substituents is 1. The summed E-state index contributed by atoms with van der Waals surface area (Å²) in [6.07, 6.45) is -2.28. The highest BCUT2D eigenvalue weighted by Crippen LogP contribution is 2.31. The molecule has 0 atom stereocenters. The summed E-state index contributed by atoms with van der Waals surface area (Å²) in [6, 6.07) is 9.70. The van der Waals surface area contributed by atoms with Crippen molar-refractivity contribution < 1.29 is 23.1 Å². The van der Waals surface area contributed by atoms with Gasteiger partial charge in [-0.25, -0.2) is 0 Å². The predicted molar refractivity (Wildman–Crippen MR) is 92.1 cm³/mol. The van der Waals surface area contributed by atoms with E-state index in [9.17, 15) is 23.1 Å². The molecule has 0 bridgehead atoms. The van der Waals surface area contributed by atoms with Crippen molar-refractivity contribution in [2.45, 2.75) is 12.6 Å². The van der Waals surface area contributed by atoms with Crippen LogP contribution in [0.1, 0.15) is 21.5 Å². The number of aromatic nitrogens is 1. The van der Waals surface area contributed by atoms with Gasteiger partial charge in [0.25, 0.3) is 5.91 Å². The van der Waals surface area contributed by atoms with E-state index in [1.165, 1.54) is 12.1 Å². The van der Waals surface area contributed by atoms with Crippen LogP contribution in [-0.4, -0.2) is 22.1 Å². The second kappa shape index (κ2) is 6.74. The Morgan fingerprint density at radius 2 is 1.92 bits per heavy atom. The Morgan fingerprint density at radius 3 is 2.65 bits per heavy atom. The molecule has 3 aromatic rings. The van der Waals surface area contributed by atoms with Crippen LogP contribution in [0.2, 0.25) is 0 Å². The number of halogens is 3. The summed E-state index contributed by atoms with van der Waals surface area (Å²) in [5.74, 6) is -0.630. The van der Waals surface area contributed by atoms with Gasteiger partial charge in [-0.3, -0.25) is 4.79 Å². The summed E-state index contributed by atoms with van der Waals surface area (Å²) in [7, 11) is 1.86. The number of amides is 1. The highest BCUT2D eigenvalue weighted by molar-refractivity contribution is 5.96. The Bertz CT molecular complexity index is 961. The first-order valence-electron chi connectivity index (χ1n) is 7.98. The van der Waals surface area contributed by atoms with Crippen molar-refractivity contribution >= 4 is 16.8 Å². The minimum atomic E-state index is -4.58. The topological polar surface area (TPSA) is 54.3 Å². The maximum absolute atomic E-state index is 13.0. The molecule has 0 aliphatic heterocycles. The van der Waals surface area contributed by atoms with Crippen molar-refractivity contribution in [3.8, 4) is 5.75 Å². The SMILES string of the molecule is Cn1cc(CCNC(=O)c2ccccc2C(F)(F)F)c2cc(O)ccc21. The minimum absolute atomic E-state index is 0.132. The molecule has 1 aromatic heterocycles. The molecular formula is C19H17F3N2O2. The van der Waals surface area contributed by atoms with Crippen LogP contribution in [0.4, 0.5) is 13.2 Å². The largest absolute Gasteiger partial charge is 0.508 e. The normalized spacial score (nSPS) is 11.7. The van der Waals surface area contributed by atoms with Crippen molar-refractivity contribution in [1.29, 1.82) is 0 Å². The molecule has 0 spiro atoms. The van der Waals surface area contributed by atoms with Crippen LogP contribution in [0.15, 0.2) is 48.7 Å². The number of fused-ring (bicyclic) bond motifs is 1. The Kier molecular flexibility index (Phi) is 4.63. The van der Waals surface area contributed by atoms with E-state index in [0.717, 1.165) is 28.6 Å². The Labute approximate surface area is 147 Å². The molecule has 4 nitrogen and oxygen atoms in total. The first-order chi connectivity index (χ1) is 12.3. The second-order valence-electron chi connectivity index (χ2n) is 6.02. The molecule has 3 rings (SSSR count). The zero-order valence-electron chi connectivity index (χ0n) is 14.0. The van der Waals surface area contributed by atoms with Crippen LogP contribution in [0.25, 0.3) is 10.9 Å². The lowest BCUT2D eigenvalue weighted by atomic mass is 10.1. The van der Waals surface area contributed by atoms with E-state index >= 15 is 0 Å². The van der Waals surface area contributed by atoms with Crippen molar-refractivity contribution in [2.24, 2.45) is 7.05 Å². The van der Waals surface area contributed by atoms with Crippen molar-refractivity contribution in [3.05, 3.63) is 65.4 Å². The number of hydrogen-bond acceptors (Lipinski definition) is 2. The number of aryl methyl sites for hydroxylation is 1. The molecule has 0 saturated carbocycles. The number of alkyl halides is 3. The third kappa shape index (κ3) is 3.51. The number of nitrogens with zero attached hydrogens (tertiary/aromatic N) is 1. The van der Waals surface area contributed by atoms with Crippen LogP contribution < -0.4 is 5.32 Å². The Balaban J connectivity index is 1.73. The van der Waals surface area contributed by atoms with Crippen LogP contribution in [0, 0.1) is 0 Å². The average molecular weight is 362 g/mol. The molecule has 0 aliphatic carbocycles. The lowest BCUT2D eigenvalue weighted by Crippen LogP contribution is -2.28. The van der Waals surface area contributed by atoms with Crippen molar-refractivity contribution in [3.63, 3.8) is 0 Å². The van der Waals surface area contributed by atoms with Gasteiger partial charge in [-0.05, 0) is 42.3 Å². The lowest BCUT2D eigenvalue weighted by molar-refractivity contribution is -0.137. The number of carbonyl (C=O) groups excluding carboxylic acids is 1. The van der Waals surface area contributed by atoms with Crippen LogP contribution in [-0.2, 0) is 19.6 Å². The molecular weight excluding hydrogens is 345 g/mol. The van der Waals surface area contributed by atoms with E-state index in [1.54, 1.807) is 18.2 Å². The summed E-state index contributed by atoms with van der Waals surface area (Å²) in [5.41, 5.74) is 0.470. The highest BCUT2D eigenvalue weighted by Gasteiger charge is 2.34. The molecule has 7 heteroatoms. The highest BCUT2D eigenvalue weighted by atomic mass is 19.4. The quantitative estimate of drug-likeness (QED) is 0.740. The lowest BCUT2D eigenvalue weighted by Gasteiger charge is -2.12. The fourth-order valence-electron chi connectivity index (χ4n) is 3.00. The summed E-state index contributed by atoms with van der Waals surface area (Å²) < 4.78 is 40.9. The Morgan fingerprint density at radius 1 is 1.19 bits per heavy atom. The fourth-order valence-corrected chi connectivity index (χ4v) is 3.00. The molecule has 26 heavy (non-hydrogen) atoms. The monoisotopic (exact) mass is 362 g/mol. The van der Waals surface area contributed by atoms with Gasteiger partial charge < -0.3 is 15.0 Å². The van der Waals surface area contributed by atoms with Crippen LogP contribution >= 0.6 is 0 Å². The summed E-state index contributed by atoms with van der Waals surface area (Å²) in [6.45, 7) is 0.180. The van der Waals surface area contributed by atoms with E-state index in [0.29, 0.717) is 6.42 Å². The molecule has 1 heterocycles. The van der Waals surface area contributed by atoms with Crippen molar-refractivity contribution in [2.75, 3.05) is 6.54 Å². The number of hydrogen-bond donors (Lipinski definition) is 2. The number of carbonyl (C=O) groups is 1. The molecule has 2 aromatic carbocycles.